The Balaban J connectivity index is 1.53. The van der Waals surface area contributed by atoms with Crippen LogP contribution in [0.15, 0.2) is 46.3 Å². The van der Waals surface area contributed by atoms with E-state index in [2.05, 4.69) is 31.4 Å². The molecule has 10 heteroatoms. The minimum atomic E-state index is -0.208. The van der Waals surface area contributed by atoms with E-state index in [4.69, 9.17) is 4.74 Å². The quantitative estimate of drug-likeness (QED) is 0.446. The lowest BCUT2D eigenvalue weighted by Crippen LogP contribution is -2.37. The number of halogens is 1. The normalized spacial score (nSPS) is 10.7. The molecule has 0 fully saturated rings. The number of nitrogens with zero attached hydrogens (tertiary/aromatic N) is 3. The first kappa shape index (κ1) is 22.5. The van der Waals surface area contributed by atoms with Crippen LogP contribution in [-0.4, -0.2) is 53.7 Å². The van der Waals surface area contributed by atoms with E-state index in [0.717, 1.165) is 19.9 Å². The molecule has 30 heavy (non-hydrogen) atoms. The molecule has 0 aliphatic rings. The number of hydrogen-bond acceptors (Lipinski definition) is 7. The van der Waals surface area contributed by atoms with Gasteiger partial charge in [-0.2, -0.15) is 0 Å². The molecule has 0 saturated carbocycles. The summed E-state index contributed by atoms with van der Waals surface area (Å²) in [5.74, 6) is -0.226. The van der Waals surface area contributed by atoms with Crippen molar-refractivity contribution in [2.45, 2.75) is 12.8 Å². The Kier molecular flexibility index (Phi) is 8.50. The zero-order chi connectivity index (χ0) is 21.3. The summed E-state index contributed by atoms with van der Waals surface area (Å²) in [6, 6.07) is 11.6. The van der Waals surface area contributed by atoms with E-state index in [1.165, 1.54) is 11.3 Å². The molecule has 0 aliphatic carbocycles. The Labute approximate surface area is 191 Å². The van der Waals surface area contributed by atoms with E-state index in [1.54, 1.807) is 23.3 Å². The van der Waals surface area contributed by atoms with E-state index in [9.17, 15) is 9.59 Å². The van der Waals surface area contributed by atoms with Crippen molar-refractivity contribution in [3.63, 3.8) is 0 Å². The minimum Gasteiger partial charge on any atom is -0.383 e. The Morgan fingerprint density at radius 3 is 2.67 bits per heavy atom. The highest BCUT2D eigenvalue weighted by Gasteiger charge is 2.17. The van der Waals surface area contributed by atoms with Gasteiger partial charge < -0.3 is 15.0 Å². The maximum Gasteiger partial charge on any atom is 0.227 e. The number of thiophene rings is 1. The summed E-state index contributed by atoms with van der Waals surface area (Å²) >= 11 is 6.26. The number of carbonyl (C=O) groups is 2. The van der Waals surface area contributed by atoms with Gasteiger partial charge in [0, 0.05) is 41.5 Å². The first-order valence-electron chi connectivity index (χ1n) is 9.23. The van der Waals surface area contributed by atoms with Crippen molar-refractivity contribution in [1.82, 2.24) is 15.1 Å². The summed E-state index contributed by atoms with van der Waals surface area (Å²) in [4.78, 5) is 27.6. The molecule has 0 unspecified atom stereocenters. The van der Waals surface area contributed by atoms with Gasteiger partial charge in [0.25, 0.3) is 0 Å². The van der Waals surface area contributed by atoms with E-state index in [1.807, 2.05) is 41.8 Å². The molecule has 0 bridgehead atoms. The van der Waals surface area contributed by atoms with Crippen LogP contribution in [0.3, 0.4) is 0 Å². The summed E-state index contributed by atoms with van der Waals surface area (Å²) in [6.45, 7) is 1.18. The van der Waals surface area contributed by atoms with Gasteiger partial charge in [0.15, 0.2) is 0 Å². The number of aromatic nitrogens is 2. The van der Waals surface area contributed by atoms with Crippen LogP contribution in [0.4, 0.5) is 5.13 Å². The number of ether oxygens (including phenoxy) is 1. The van der Waals surface area contributed by atoms with Crippen LogP contribution in [0.25, 0.3) is 10.6 Å². The van der Waals surface area contributed by atoms with Gasteiger partial charge in [-0.05, 0) is 23.6 Å². The van der Waals surface area contributed by atoms with Crippen LogP contribution in [0.5, 0.6) is 0 Å². The van der Waals surface area contributed by atoms with Gasteiger partial charge in [0.2, 0.25) is 16.9 Å². The van der Waals surface area contributed by atoms with Gasteiger partial charge in [0.1, 0.15) is 5.01 Å². The molecule has 2 heterocycles. The monoisotopic (exact) mass is 508 g/mol. The summed E-state index contributed by atoms with van der Waals surface area (Å²) < 4.78 is 6.08. The summed E-state index contributed by atoms with van der Waals surface area (Å²) in [5, 5.41) is 14.1. The molecule has 1 N–H and O–H groups in total. The van der Waals surface area contributed by atoms with Gasteiger partial charge in [-0.3, -0.25) is 9.59 Å². The molecular formula is C20H21BrN4O3S2. The third-order valence-corrected chi connectivity index (χ3v) is 6.49. The molecule has 0 saturated heterocycles. The van der Waals surface area contributed by atoms with Crippen LogP contribution in [0.2, 0.25) is 0 Å². The lowest BCUT2D eigenvalue weighted by Gasteiger charge is -2.22. The van der Waals surface area contributed by atoms with Crippen LogP contribution >= 0.6 is 38.6 Å². The molecule has 2 amide bonds. The average molecular weight is 509 g/mol. The molecule has 2 aromatic heterocycles. The van der Waals surface area contributed by atoms with Crippen LogP contribution in [0, 0.1) is 0 Å². The Morgan fingerprint density at radius 1 is 1.17 bits per heavy atom. The molecule has 3 aromatic rings. The smallest absolute Gasteiger partial charge is 0.227 e. The van der Waals surface area contributed by atoms with E-state index < -0.39 is 0 Å². The predicted octanol–water partition coefficient (Wildman–Crippen LogP) is 4.08. The zero-order valence-electron chi connectivity index (χ0n) is 16.3. The van der Waals surface area contributed by atoms with Gasteiger partial charge in [-0.1, -0.05) is 45.5 Å². The number of nitrogens with one attached hydrogen (secondary N) is 1. The number of amides is 2. The van der Waals surface area contributed by atoms with Crippen molar-refractivity contribution >= 4 is 55.5 Å². The third kappa shape index (κ3) is 6.69. The third-order valence-electron chi connectivity index (χ3n) is 4.19. The maximum atomic E-state index is 12.6. The second-order valence-electron chi connectivity index (χ2n) is 6.35. The second kappa shape index (κ2) is 11.3. The highest BCUT2D eigenvalue weighted by molar-refractivity contribution is 9.10. The first-order chi connectivity index (χ1) is 14.5. The number of methoxy groups -OCH3 is 1. The van der Waals surface area contributed by atoms with Gasteiger partial charge in [-0.25, -0.2) is 0 Å². The fourth-order valence-electron chi connectivity index (χ4n) is 2.64. The van der Waals surface area contributed by atoms with Gasteiger partial charge in [0.05, 0.1) is 13.0 Å². The predicted molar refractivity (Wildman–Crippen MR) is 123 cm³/mol. The minimum absolute atomic E-state index is 0.0178. The summed E-state index contributed by atoms with van der Waals surface area (Å²) in [7, 11) is 1.59. The Bertz CT molecular complexity index is 961. The van der Waals surface area contributed by atoms with Crippen molar-refractivity contribution in [3.05, 3.63) is 51.1 Å². The maximum absolute atomic E-state index is 12.6. The zero-order valence-corrected chi connectivity index (χ0v) is 19.6. The first-order valence-corrected chi connectivity index (χ1v) is 11.7. The molecule has 1 aromatic carbocycles. The molecule has 0 aliphatic heterocycles. The number of rotatable bonds is 10. The van der Waals surface area contributed by atoms with Crippen molar-refractivity contribution in [2.24, 2.45) is 0 Å². The lowest BCUT2D eigenvalue weighted by atomic mass is 10.2. The standard InChI is InChI=1S/C20H21BrN4O3S2/c1-28-11-10-25(18(27)13-16-3-2-12-29-16)9-8-17(26)22-20-24-23-19(30-20)14-4-6-15(21)7-5-14/h2-7,12H,8-11,13H2,1H3,(H,22,24,26). The van der Waals surface area contributed by atoms with Crippen LogP contribution in [0.1, 0.15) is 11.3 Å². The fraction of sp³-hybridized carbons (Fsp3) is 0.300. The van der Waals surface area contributed by atoms with Crippen LogP contribution in [-0.2, 0) is 20.7 Å². The summed E-state index contributed by atoms with van der Waals surface area (Å²) in [5.41, 5.74) is 0.932. The highest BCUT2D eigenvalue weighted by Crippen LogP contribution is 2.27. The van der Waals surface area contributed by atoms with Gasteiger partial charge in [-0.15, -0.1) is 21.5 Å². The fourth-order valence-corrected chi connectivity index (χ4v) is 4.36. The average Bonchev–Trinajstić information content (AvgIpc) is 3.41. The van der Waals surface area contributed by atoms with E-state index in [0.29, 0.717) is 31.2 Å². The SMILES string of the molecule is COCCN(CCC(=O)Nc1nnc(-c2ccc(Br)cc2)s1)C(=O)Cc1cccs1. The van der Waals surface area contributed by atoms with Gasteiger partial charge >= 0.3 is 0 Å². The van der Waals surface area contributed by atoms with Crippen molar-refractivity contribution in [3.8, 4) is 10.6 Å². The molecule has 3 rings (SSSR count). The Hall–Kier alpha value is -2.14. The molecule has 7 nitrogen and oxygen atoms in total. The van der Waals surface area contributed by atoms with Crippen molar-refractivity contribution < 1.29 is 14.3 Å². The Morgan fingerprint density at radius 2 is 1.97 bits per heavy atom. The number of benzene rings is 1. The lowest BCUT2D eigenvalue weighted by molar-refractivity contribution is -0.131. The van der Waals surface area contributed by atoms with Crippen LogP contribution < -0.4 is 5.32 Å². The number of hydrogen-bond donors (Lipinski definition) is 1. The van der Waals surface area contributed by atoms with Crippen molar-refractivity contribution in [1.29, 1.82) is 0 Å². The van der Waals surface area contributed by atoms with E-state index >= 15 is 0 Å². The van der Waals surface area contributed by atoms with Crippen molar-refractivity contribution in [2.75, 3.05) is 32.1 Å². The molecular weight excluding hydrogens is 488 g/mol. The molecule has 0 atom stereocenters. The highest BCUT2D eigenvalue weighted by atomic mass is 79.9. The molecule has 0 radical (unpaired) electrons. The molecule has 0 spiro atoms. The second-order valence-corrected chi connectivity index (χ2v) is 9.27. The summed E-state index contributed by atoms with van der Waals surface area (Å²) in [6.07, 6.45) is 0.503. The van der Waals surface area contributed by atoms with E-state index in [-0.39, 0.29) is 18.2 Å². The molecule has 158 valence electrons. The number of carbonyl (C=O) groups excluding carboxylic acids is 2. The number of anilines is 1. The largest absolute Gasteiger partial charge is 0.383 e. The topological polar surface area (TPSA) is 84.4 Å².